The van der Waals surface area contributed by atoms with Gasteiger partial charge in [-0.15, -0.1) is 0 Å². The van der Waals surface area contributed by atoms with E-state index < -0.39 is 37.6 Å². The van der Waals surface area contributed by atoms with E-state index in [0.29, 0.717) is 18.6 Å². The number of non-ortho nitro benzene ring substituents is 1. The van der Waals surface area contributed by atoms with Crippen molar-refractivity contribution in [3.05, 3.63) is 77.9 Å². The average molecular weight is 489 g/mol. The third kappa shape index (κ3) is 7.17. The Morgan fingerprint density at radius 1 is 1.03 bits per heavy atom. The maximum absolute atomic E-state index is 12.0. The largest absolute Gasteiger partial charge is 0.497 e. The van der Waals surface area contributed by atoms with Crippen molar-refractivity contribution in [3.8, 4) is 5.75 Å². The van der Waals surface area contributed by atoms with Crippen LogP contribution < -0.4 is 5.32 Å². The summed E-state index contributed by atoms with van der Waals surface area (Å²) in [6.07, 6.45) is 2.72. The number of nitro benzene ring substituents is 3. The van der Waals surface area contributed by atoms with Gasteiger partial charge in [0.15, 0.2) is 0 Å². The van der Waals surface area contributed by atoms with E-state index in [2.05, 4.69) is 48.3 Å². The van der Waals surface area contributed by atoms with Crippen LogP contribution in [-0.4, -0.2) is 50.3 Å². The van der Waals surface area contributed by atoms with Crippen LogP contribution in [0.5, 0.6) is 5.75 Å². The van der Waals surface area contributed by atoms with E-state index in [0.717, 1.165) is 32.5 Å². The van der Waals surface area contributed by atoms with Crippen molar-refractivity contribution >= 4 is 23.0 Å². The average Bonchev–Trinajstić information content (AvgIpc) is 3.22. The number of nitrogens with zero attached hydrogens (tertiary/aromatic N) is 4. The number of aromatic hydroxyl groups is 1. The lowest BCUT2D eigenvalue weighted by Gasteiger charge is -2.19. The topological polar surface area (TPSA) is 182 Å². The molecule has 0 saturated heterocycles. The maximum atomic E-state index is 12.0. The number of rotatable bonds is 9. The summed E-state index contributed by atoms with van der Waals surface area (Å²) in [5, 5.41) is 43.4. The summed E-state index contributed by atoms with van der Waals surface area (Å²) in [5.74, 6) is -1.03. The number of nitro groups is 3. The standard InChI is InChI=1S/C16H24N2O.C6H3N3O7/c1-3-18(4-2)12-11-16(19)17-15-10-9-13-7-5-6-8-14(13)15;10-6-4(8(13)14)1-3(7(11)12)2-5(6)9(15)16/h5-8,15H,3-4,9-12H2,1-2H3,(H,17,19);1-2,10H. The predicted octanol–water partition coefficient (Wildman–Crippen LogP) is 3.64. The Bertz CT molecular complexity index is 1070. The zero-order valence-electron chi connectivity index (χ0n) is 19.4. The van der Waals surface area contributed by atoms with Gasteiger partial charge in [-0.3, -0.25) is 35.1 Å². The van der Waals surface area contributed by atoms with Crippen LogP contribution in [0.15, 0.2) is 36.4 Å². The van der Waals surface area contributed by atoms with Crippen molar-refractivity contribution in [2.45, 2.75) is 39.2 Å². The van der Waals surface area contributed by atoms with Crippen LogP contribution in [0, 0.1) is 30.3 Å². The van der Waals surface area contributed by atoms with Gasteiger partial charge in [-0.05, 0) is 37.1 Å². The van der Waals surface area contributed by atoms with Crippen LogP contribution in [0.1, 0.15) is 43.9 Å². The molecule has 2 aromatic carbocycles. The molecular formula is C22H27N5O8. The highest BCUT2D eigenvalue weighted by Gasteiger charge is 2.30. The molecule has 13 heteroatoms. The summed E-state index contributed by atoms with van der Waals surface area (Å²) >= 11 is 0. The first-order valence-electron chi connectivity index (χ1n) is 11.0. The molecule has 1 aliphatic rings. The Labute approximate surface area is 200 Å². The number of phenolic OH excluding ortho intramolecular Hbond substituents is 1. The fourth-order valence-corrected chi connectivity index (χ4v) is 3.75. The molecular weight excluding hydrogens is 462 g/mol. The van der Waals surface area contributed by atoms with Crippen molar-refractivity contribution in [1.82, 2.24) is 10.2 Å². The van der Waals surface area contributed by atoms with Gasteiger partial charge < -0.3 is 15.3 Å². The summed E-state index contributed by atoms with van der Waals surface area (Å²) in [7, 11) is 0. The highest BCUT2D eigenvalue weighted by molar-refractivity contribution is 5.76. The summed E-state index contributed by atoms with van der Waals surface area (Å²) in [6, 6.07) is 9.54. The fraction of sp³-hybridized carbons (Fsp3) is 0.409. The Morgan fingerprint density at radius 2 is 1.60 bits per heavy atom. The zero-order valence-corrected chi connectivity index (χ0v) is 19.4. The van der Waals surface area contributed by atoms with Crippen LogP contribution in [0.25, 0.3) is 0 Å². The third-order valence-electron chi connectivity index (χ3n) is 5.68. The van der Waals surface area contributed by atoms with E-state index in [1.165, 1.54) is 11.1 Å². The number of amides is 1. The number of phenols is 1. The van der Waals surface area contributed by atoms with Gasteiger partial charge in [0.1, 0.15) is 0 Å². The summed E-state index contributed by atoms with van der Waals surface area (Å²) in [5.41, 5.74) is -0.312. The first kappa shape index (κ1) is 27.1. The van der Waals surface area contributed by atoms with Crippen molar-refractivity contribution in [3.63, 3.8) is 0 Å². The van der Waals surface area contributed by atoms with E-state index in [1.54, 1.807) is 0 Å². The lowest BCUT2D eigenvalue weighted by atomic mass is 10.1. The van der Waals surface area contributed by atoms with E-state index >= 15 is 0 Å². The SMILES string of the molecule is CCN(CC)CCC(=O)NC1CCc2ccccc21.O=[N+]([O-])c1cc([N+](=O)[O-])c(O)c([N+](=O)[O-])c1. The minimum absolute atomic E-state index is 0.175. The molecule has 1 amide bonds. The summed E-state index contributed by atoms with van der Waals surface area (Å²) in [6.45, 7) is 7.14. The highest BCUT2D eigenvalue weighted by Crippen LogP contribution is 2.39. The lowest BCUT2D eigenvalue weighted by Crippen LogP contribution is -2.32. The Balaban J connectivity index is 0.000000251. The number of hydrogen-bond acceptors (Lipinski definition) is 9. The molecule has 0 aromatic heterocycles. The van der Waals surface area contributed by atoms with Crippen LogP contribution in [0.4, 0.5) is 17.1 Å². The van der Waals surface area contributed by atoms with Crippen molar-refractivity contribution in [1.29, 1.82) is 0 Å². The van der Waals surface area contributed by atoms with Crippen molar-refractivity contribution in [2.24, 2.45) is 0 Å². The number of benzene rings is 2. The molecule has 3 rings (SSSR count). The molecule has 13 nitrogen and oxygen atoms in total. The first-order valence-corrected chi connectivity index (χ1v) is 11.0. The van der Waals surface area contributed by atoms with Gasteiger partial charge >= 0.3 is 11.4 Å². The second-order valence-electron chi connectivity index (χ2n) is 7.74. The number of carbonyl (C=O) groups is 1. The van der Waals surface area contributed by atoms with Gasteiger partial charge in [0.25, 0.3) is 11.4 Å². The minimum atomic E-state index is -1.21. The molecule has 0 aliphatic heterocycles. The van der Waals surface area contributed by atoms with Crippen molar-refractivity contribution < 1.29 is 24.7 Å². The van der Waals surface area contributed by atoms with E-state index in [9.17, 15) is 35.1 Å². The van der Waals surface area contributed by atoms with Gasteiger partial charge in [-0.25, -0.2) is 0 Å². The highest BCUT2D eigenvalue weighted by atomic mass is 16.6. The zero-order chi connectivity index (χ0) is 26.1. The van der Waals surface area contributed by atoms with E-state index in [-0.39, 0.29) is 11.9 Å². The van der Waals surface area contributed by atoms with Gasteiger partial charge in [0, 0.05) is 13.0 Å². The van der Waals surface area contributed by atoms with Crippen LogP contribution in [0.3, 0.4) is 0 Å². The number of aryl methyl sites for hydroxylation is 1. The molecule has 1 atom stereocenters. The summed E-state index contributed by atoms with van der Waals surface area (Å²) in [4.78, 5) is 42.1. The molecule has 0 bridgehead atoms. The fourth-order valence-electron chi connectivity index (χ4n) is 3.75. The lowest BCUT2D eigenvalue weighted by molar-refractivity contribution is -0.404. The number of carbonyl (C=O) groups excluding carboxylic acids is 1. The monoisotopic (exact) mass is 489 g/mol. The van der Waals surface area contributed by atoms with Crippen LogP contribution >= 0.6 is 0 Å². The second kappa shape index (κ2) is 12.4. The molecule has 2 N–H and O–H groups in total. The number of fused-ring (bicyclic) bond motifs is 1. The maximum Gasteiger partial charge on any atom is 0.324 e. The minimum Gasteiger partial charge on any atom is -0.497 e. The molecule has 35 heavy (non-hydrogen) atoms. The molecule has 0 fully saturated rings. The van der Waals surface area contributed by atoms with Gasteiger partial charge in [0.2, 0.25) is 5.91 Å². The smallest absolute Gasteiger partial charge is 0.324 e. The number of hydrogen-bond donors (Lipinski definition) is 2. The van der Waals surface area contributed by atoms with Crippen LogP contribution in [0.2, 0.25) is 0 Å². The second-order valence-corrected chi connectivity index (χ2v) is 7.74. The molecule has 0 radical (unpaired) electrons. The first-order chi connectivity index (χ1) is 16.6. The van der Waals surface area contributed by atoms with Gasteiger partial charge in [0.05, 0.1) is 32.9 Å². The van der Waals surface area contributed by atoms with E-state index in [4.69, 9.17) is 5.11 Å². The molecule has 0 saturated carbocycles. The molecule has 188 valence electrons. The van der Waals surface area contributed by atoms with Gasteiger partial charge in [-0.2, -0.15) is 0 Å². The molecule has 1 unspecified atom stereocenters. The molecule has 0 heterocycles. The molecule has 2 aromatic rings. The quantitative estimate of drug-likeness (QED) is 0.392. The number of nitrogens with one attached hydrogen (secondary N) is 1. The predicted molar refractivity (Wildman–Crippen MR) is 126 cm³/mol. The van der Waals surface area contributed by atoms with Crippen molar-refractivity contribution in [2.75, 3.05) is 19.6 Å². The Morgan fingerprint density at radius 3 is 2.11 bits per heavy atom. The Hall–Kier alpha value is -4.13. The van der Waals surface area contributed by atoms with Crippen LogP contribution in [-0.2, 0) is 11.2 Å². The summed E-state index contributed by atoms with van der Waals surface area (Å²) < 4.78 is 0. The molecule has 0 spiro atoms. The normalized spacial score (nSPS) is 14.0. The van der Waals surface area contributed by atoms with Gasteiger partial charge in [-0.1, -0.05) is 38.1 Å². The molecule has 1 aliphatic carbocycles. The Kier molecular flexibility index (Phi) is 9.58. The third-order valence-corrected chi connectivity index (χ3v) is 5.68. The van der Waals surface area contributed by atoms with E-state index in [1.807, 2.05) is 0 Å².